The van der Waals surface area contributed by atoms with Crippen LogP contribution in [0.3, 0.4) is 0 Å². The van der Waals surface area contributed by atoms with Crippen molar-refractivity contribution >= 4 is 40.4 Å². The van der Waals surface area contributed by atoms with Crippen molar-refractivity contribution in [2.75, 3.05) is 22.9 Å². The highest BCUT2D eigenvalue weighted by Gasteiger charge is 2.45. The predicted molar refractivity (Wildman–Crippen MR) is 130 cm³/mol. The van der Waals surface area contributed by atoms with Crippen LogP contribution >= 0.6 is 0 Å². The maximum atomic E-state index is 10.7. The Balaban J connectivity index is 0.000000405. The first kappa shape index (κ1) is 26.1. The highest BCUT2D eigenvalue weighted by molar-refractivity contribution is 5.82. The second kappa shape index (κ2) is 10.2. The number of carboxylic acids is 1. The number of hydrogen-bond acceptors (Lipinski definition) is 9. The van der Waals surface area contributed by atoms with E-state index in [4.69, 9.17) is 21.4 Å². The van der Waals surface area contributed by atoms with Crippen molar-refractivity contribution in [3.8, 4) is 0 Å². The number of aromatic nitrogens is 3. The van der Waals surface area contributed by atoms with E-state index in [1.54, 1.807) is 6.07 Å². The van der Waals surface area contributed by atoms with Gasteiger partial charge in [0.2, 0.25) is 0 Å². The highest BCUT2D eigenvalue weighted by Crippen LogP contribution is 2.38. The summed E-state index contributed by atoms with van der Waals surface area (Å²) in [6.45, 7) is 0.709. The number of halogens is 3. The molecule has 1 aliphatic heterocycles. The zero-order chi connectivity index (χ0) is 26.9. The maximum Gasteiger partial charge on any atom is 0.490 e. The summed E-state index contributed by atoms with van der Waals surface area (Å²) in [7, 11) is 0. The Morgan fingerprint density at radius 2 is 1.81 bits per heavy atom. The molecule has 2 aliphatic rings. The number of carboxylic acid groups (broad SMARTS) is 1. The fraction of sp³-hybridized carbons (Fsp3) is 0.333. The molecular formula is C24H25F3N6O4. The third-order valence-corrected chi connectivity index (χ3v) is 6.44. The summed E-state index contributed by atoms with van der Waals surface area (Å²) in [6.07, 6.45) is -0.0421. The number of carbonyl (C=O) groups is 1. The smallest absolute Gasteiger partial charge is 0.475 e. The quantitative estimate of drug-likeness (QED) is 0.345. The van der Waals surface area contributed by atoms with Crippen molar-refractivity contribution in [3.63, 3.8) is 0 Å². The predicted octanol–water partition coefficient (Wildman–Crippen LogP) is 2.01. The van der Waals surface area contributed by atoms with Gasteiger partial charge in [0, 0.05) is 23.4 Å². The number of aliphatic carboxylic acids is 1. The van der Waals surface area contributed by atoms with Crippen LogP contribution in [0.1, 0.15) is 17.5 Å². The number of nitrogens with two attached hydrogens (primary N) is 2. The molecule has 0 unspecified atom stereocenters. The number of aliphatic hydroxyl groups is 2. The molecule has 0 radical (unpaired) electrons. The van der Waals surface area contributed by atoms with Crippen LogP contribution in [0.25, 0.3) is 17.0 Å². The molecule has 5 rings (SSSR count). The Kier molecular flexibility index (Phi) is 7.18. The molecule has 3 heterocycles. The number of aliphatic hydroxyl groups excluding tert-OH is 2. The lowest BCUT2D eigenvalue weighted by molar-refractivity contribution is -0.192. The number of nitrogens with zero attached hydrogens (tertiary/aromatic N) is 4. The van der Waals surface area contributed by atoms with Gasteiger partial charge in [0.25, 0.3) is 0 Å². The topological polar surface area (TPSA) is 172 Å². The second-order valence-corrected chi connectivity index (χ2v) is 8.80. The third-order valence-electron chi connectivity index (χ3n) is 6.44. The molecule has 13 heteroatoms. The summed E-state index contributed by atoms with van der Waals surface area (Å²) in [5.41, 5.74) is 14.5. The molecular weight excluding hydrogens is 493 g/mol. The van der Waals surface area contributed by atoms with E-state index in [2.05, 4.69) is 19.9 Å². The van der Waals surface area contributed by atoms with E-state index in [-0.39, 0.29) is 12.0 Å². The van der Waals surface area contributed by atoms with Crippen molar-refractivity contribution in [1.29, 1.82) is 0 Å². The number of fused-ring (bicyclic) bond motifs is 2. The Morgan fingerprint density at radius 1 is 1.11 bits per heavy atom. The molecule has 37 heavy (non-hydrogen) atoms. The fourth-order valence-corrected chi connectivity index (χ4v) is 4.60. The number of alkyl halides is 3. The molecule has 7 N–H and O–H groups in total. The van der Waals surface area contributed by atoms with Gasteiger partial charge in [-0.3, -0.25) is 0 Å². The van der Waals surface area contributed by atoms with E-state index in [0.29, 0.717) is 24.6 Å². The number of rotatable bonds is 3. The average molecular weight is 518 g/mol. The van der Waals surface area contributed by atoms with E-state index in [1.165, 1.54) is 6.33 Å². The van der Waals surface area contributed by atoms with Crippen LogP contribution < -0.4 is 16.4 Å². The molecule has 196 valence electrons. The van der Waals surface area contributed by atoms with Gasteiger partial charge in [0.1, 0.15) is 29.9 Å². The summed E-state index contributed by atoms with van der Waals surface area (Å²) >= 11 is 0. The largest absolute Gasteiger partial charge is 0.490 e. The number of hydrogen-bond donors (Lipinski definition) is 5. The van der Waals surface area contributed by atoms with Gasteiger partial charge in [0.05, 0.1) is 17.7 Å². The van der Waals surface area contributed by atoms with Gasteiger partial charge in [-0.25, -0.2) is 19.7 Å². The normalized spacial score (nSPS) is 23.2. The van der Waals surface area contributed by atoms with Crippen LogP contribution in [-0.4, -0.2) is 67.2 Å². The van der Waals surface area contributed by atoms with Gasteiger partial charge in [-0.05, 0) is 36.6 Å². The minimum atomic E-state index is -5.08. The van der Waals surface area contributed by atoms with Crippen LogP contribution in [0.5, 0.6) is 0 Å². The van der Waals surface area contributed by atoms with Crippen LogP contribution in [0.4, 0.5) is 30.6 Å². The molecule has 0 spiro atoms. The maximum absolute atomic E-state index is 10.7. The number of benzene rings is 1. The van der Waals surface area contributed by atoms with Gasteiger partial charge in [-0.2, -0.15) is 13.2 Å². The van der Waals surface area contributed by atoms with Crippen LogP contribution in [-0.2, 0) is 11.2 Å². The zero-order valence-electron chi connectivity index (χ0n) is 19.4. The molecule has 1 fully saturated rings. The Morgan fingerprint density at radius 3 is 2.51 bits per heavy atom. The molecule has 2 aromatic heterocycles. The SMILES string of the molecule is Nc1ccc2ccc(/C=C/[C@H]3C[C@@H](N4CCc5c(N)ncnc54)[C@H](O)[C@@H]3O)cc2n1.O=C(O)C(F)(F)F. The number of pyridine rings is 1. The fourth-order valence-electron chi connectivity index (χ4n) is 4.60. The van der Waals surface area contributed by atoms with Crippen molar-refractivity contribution in [3.05, 3.63) is 53.9 Å². The van der Waals surface area contributed by atoms with Crippen LogP contribution in [0, 0.1) is 5.92 Å². The van der Waals surface area contributed by atoms with Crippen molar-refractivity contribution in [1.82, 2.24) is 15.0 Å². The van der Waals surface area contributed by atoms with Gasteiger partial charge in [-0.1, -0.05) is 24.3 Å². The average Bonchev–Trinajstić information content (AvgIpc) is 3.39. The summed E-state index contributed by atoms with van der Waals surface area (Å²) < 4.78 is 31.7. The molecule has 10 nitrogen and oxygen atoms in total. The van der Waals surface area contributed by atoms with Gasteiger partial charge in [0.15, 0.2) is 0 Å². The van der Waals surface area contributed by atoms with Crippen LogP contribution in [0.15, 0.2) is 42.7 Å². The lowest BCUT2D eigenvalue weighted by atomic mass is 10.0. The molecule has 0 amide bonds. The Bertz CT molecular complexity index is 1340. The summed E-state index contributed by atoms with van der Waals surface area (Å²) in [5.74, 6) is -1.19. The monoisotopic (exact) mass is 518 g/mol. The van der Waals surface area contributed by atoms with E-state index in [9.17, 15) is 23.4 Å². The molecule has 1 aromatic carbocycles. The first-order valence-electron chi connectivity index (χ1n) is 11.3. The van der Waals surface area contributed by atoms with Gasteiger partial charge < -0.3 is 31.7 Å². The standard InChI is InChI=1S/C22H24N6O2.C2HF3O2/c23-18-6-5-13-3-1-12(9-16(13)27-18)2-4-14-10-17(20(30)19(14)29)28-8-7-15-21(24)25-11-26-22(15)28;3-2(4,5)1(6)7/h1-6,9,11,14,17,19-20,29-30H,7-8,10H2,(H2,23,27)(H2,24,25,26);(H,6,7)/b4-2+;/t14-,17+,19+,20-;/m0./s1. The van der Waals surface area contributed by atoms with E-state index in [0.717, 1.165) is 34.3 Å². The summed E-state index contributed by atoms with van der Waals surface area (Å²) in [5, 5.41) is 29.5. The van der Waals surface area contributed by atoms with E-state index >= 15 is 0 Å². The van der Waals surface area contributed by atoms with Gasteiger partial charge >= 0.3 is 12.1 Å². The minimum absolute atomic E-state index is 0.169. The zero-order valence-corrected chi connectivity index (χ0v) is 19.4. The molecule has 3 aromatic rings. The van der Waals surface area contributed by atoms with Crippen molar-refractivity contribution in [2.24, 2.45) is 5.92 Å². The summed E-state index contributed by atoms with van der Waals surface area (Å²) in [4.78, 5) is 23.7. The Hall–Kier alpha value is -3.97. The minimum Gasteiger partial charge on any atom is -0.475 e. The molecule has 1 aliphatic carbocycles. The molecule has 0 bridgehead atoms. The lowest BCUT2D eigenvalue weighted by Gasteiger charge is -2.28. The third kappa shape index (κ3) is 5.57. The Labute approximate surface area is 209 Å². The highest BCUT2D eigenvalue weighted by atomic mass is 19.4. The van der Waals surface area contributed by atoms with Crippen LogP contribution in [0.2, 0.25) is 0 Å². The van der Waals surface area contributed by atoms with E-state index in [1.807, 2.05) is 36.4 Å². The number of anilines is 3. The van der Waals surface area contributed by atoms with Crippen molar-refractivity contribution in [2.45, 2.75) is 37.3 Å². The van der Waals surface area contributed by atoms with E-state index < -0.39 is 24.4 Å². The molecule has 4 atom stereocenters. The first-order chi connectivity index (χ1) is 17.5. The first-order valence-corrected chi connectivity index (χ1v) is 11.3. The number of nitrogen functional groups attached to an aromatic ring is 2. The van der Waals surface area contributed by atoms with Crippen molar-refractivity contribution < 1.29 is 33.3 Å². The molecule has 1 saturated carbocycles. The second-order valence-electron chi connectivity index (χ2n) is 8.80. The molecule has 0 saturated heterocycles. The summed E-state index contributed by atoms with van der Waals surface area (Å²) in [6, 6.07) is 9.47. The lowest BCUT2D eigenvalue weighted by Crippen LogP contribution is -2.43. The van der Waals surface area contributed by atoms with Gasteiger partial charge in [-0.15, -0.1) is 0 Å².